The van der Waals surface area contributed by atoms with Crippen molar-refractivity contribution in [1.29, 1.82) is 5.26 Å². The van der Waals surface area contributed by atoms with E-state index < -0.39 is 0 Å². The number of amides is 1. The van der Waals surface area contributed by atoms with Crippen LogP contribution in [-0.2, 0) is 0 Å². The molecule has 0 unspecified atom stereocenters. The van der Waals surface area contributed by atoms with Crippen LogP contribution in [0.1, 0.15) is 15.9 Å². The summed E-state index contributed by atoms with van der Waals surface area (Å²) in [5, 5.41) is 14.9. The molecule has 104 valence electrons. The fourth-order valence-corrected chi connectivity index (χ4v) is 1.90. The number of nitrogens with one attached hydrogen (secondary N) is 2. The van der Waals surface area contributed by atoms with Gasteiger partial charge >= 0.3 is 0 Å². The number of hydrogen-bond acceptors (Lipinski definition) is 3. The lowest BCUT2D eigenvalue weighted by Crippen LogP contribution is -2.34. The highest BCUT2D eigenvalue weighted by Crippen LogP contribution is 2.10. The Labute approximate surface area is 132 Å². The Morgan fingerprint density at radius 2 is 1.71 bits per heavy atom. The Bertz CT molecular complexity index is 705. The predicted octanol–water partition coefficient (Wildman–Crippen LogP) is 3.34. The van der Waals surface area contributed by atoms with Gasteiger partial charge in [-0.2, -0.15) is 5.26 Å². The van der Waals surface area contributed by atoms with E-state index in [1.807, 2.05) is 6.07 Å². The van der Waals surface area contributed by atoms with Crippen LogP contribution in [0.25, 0.3) is 0 Å². The fraction of sp³-hybridized carbons (Fsp3) is 0. The van der Waals surface area contributed by atoms with Crippen molar-refractivity contribution in [2.45, 2.75) is 0 Å². The molecule has 0 aliphatic heterocycles. The van der Waals surface area contributed by atoms with Crippen LogP contribution >= 0.6 is 23.8 Å². The first-order chi connectivity index (χ1) is 10.1. The third-order valence-electron chi connectivity index (χ3n) is 2.61. The monoisotopic (exact) mass is 315 g/mol. The molecule has 4 nitrogen and oxygen atoms in total. The van der Waals surface area contributed by atoms with Crippen molar-refractivity contribution in [3.05, 3.63) is 64.7 Å². The lowest BCUT2D eigenvalue weighted by Gasteiger charge is -2.09. The topological polar surface area (TPSA) is 64.9 Å². The largest absolute Gasteiger partial charge is 0.332 e. The van der Waals surface area contributed by atoms with Crippen LogP contribution < -0.4 is 10.6 Å². The first-order valence-corrected chi connectivity index (χ1v) is 6.75. The molecular formula is C15H10ClN3OS. The van der Waals surface area contributed by atoms with Crippen LogP contribution in [0.3, 0.4) is 0 Å². The predicted molar refractivity (Wildman–Crippen MR) is 86.3 cm³/mol. The van der Waals surface area contributed by atoms with Gasteiger partial charge in [-0.1, -0.05) is 11.6 Å². The summed E-state index contributed by atoms with van der Waals surface area (Å²) in [7, 11) is 0. The van der Waals surface area contributed by atoms with Gasteiger partial charge in [0, 0.05) is 16.3 Å². The highest BCUT2D eigenvalue weighted by Gasteiger charge is 2.07. The van der Waals surface area contributed by atoms with Crippen LogP contribution in [0.15, 0.2) is 48.5 Å². The van der Waals surface area contributed by atoms with Gasteiger partial charge in [0.1, 0.15) is 0 Å². The normalized spacial score (nSPS) is 9.52. The van der Waals surface area contributed by atoms with Crippen LogP contribution in [-0.4, -0.2) is 11.0 Å². The third kappa shape index (κ3) is 4.28. The molecule has 0 aliphatic rings. The van der Waals surface area contributed by atoms with E-state index in [4.69, 9.17) is 29.1 Å². The van der Waals surface area contributed by atoms with Gasteiger partial charge in [0.2, 0.25) is 0 Å². The number of benzene rings is 2. The summed E-state index contributed by atoms with van der Waals surface area (Å²) in [6, 6.07) is 15.2. The standard InChI is InChI=1S/C15H10ClN3OS/c16-12-5-3-11(4-6-12)14(20)19-15(21)18-13-7-1-10(9-17)2-8-13/h1-8H,(H2,18,19,20,21). The van der Waals surface area contributed by atoms with Crippen LogP contribution in [0.5, 0.6) is 0 Å². The molecule has 0 bridgehead atoms. The molecule has 21 heavy (non-hydrogen) atoms. The van der Waals surface area contributed by atoms with Crippen molar-refractivity contribution in [3.63, 3.8) is 0 Å². The molecule has 0 spiro atoms. The summed E-state index contributed by atoms with van der Waals surface area (Å²) in [4.78, 5) is 11.9. The highest BCUT2D eigenvalue weighted by molar-refractivity contribution is 7.80. The molecule has 0 heterocycles. The van der Waals surface area contributed by atoms with Crippen molar-refractivity contribution < 1.29 is 4.79 Å². The van der Waals surface area contributed by atoms with E-state index in [2.05, 4.69) is 10.6 Å². The molecule has 2 aromatic carbocycles. The van der Waals surface area contributed by atoms with Crippen molar-refractivity contribution >= 4 is 40.5 Å². The van der Waals surface area contributed by atoms with E-state index in [1.54, 1.807) is 48.5 Å². The zero-order chi connectivity index (χ0) is 15.2. The summed E-state index contributed by atoms with van der Waals surface area (Å²) in [5.41, 5.74) is 1.70. The fourth-order valence-electron chi connectivity index (χ4n) is 1.57. The maximum absolute atomic E-state index is 11.9. The molecular weight excluding hydrogens is 306 g/mol. The number of nitrogens with zero attached hydrogens (tertiary/aromatic N) is 1. The maximum Gasteiger partial charge on any atom is 0.257 e. The van der Waals surface area contributed by atoms with Crippen molar-refractivity contribution in [3.8, 4) is 6.07 Å². The molecule has 1 amide bonds. The van der Waals surface area contributed by atoms with Gasteiger partial charge in [-0.15, -0.1) is 0 Å². The summed E-state index contributed by atoms with van der Waals surface area (Å²) in [6.45, 7) is 0. The van der Waals surface area contributed by atoms with Crippen molar-refractivity contribution in [2.24, 2.45) is 0 Å². The van der Waals surface area contributed by atoms with Gasteiger partial charge in [0.25, 0.3) is 5.91 Å². The Kier molecular flexibility index (Phi) is 4.88. The minimum Gasteiger partial charge on any atom is -0.332 e. The van der Waals surface area contributed by atoms with E-state index >= 15 is 0 Å². The van der Waals surface area contributed by atoms with Crippen LogP contribution in [0.4, 0.5) is 5.69 Å². The molecule has 0 atom stereocenters. The number of nitriles is 1. The molecule has 6 heteroatoms. The highest BCUT2D eigenvalue weighted by atomic mass is 35.5. The Hall–Kier alpha value is -2.42. The van der Waals surface area contributed by atoms with E-state index in [1.165, 1.54) is 0 Å². The zero-order valence-corrected chi connectivity index (χ0v) is 12.3. The van der Waals surface area contributed by atoms with Crippen molar-refractivity contribution in [2.75, 3.05) is 5.32 Å². The lowest BCUT2D eigenvalue weighted by atomic mass is 10.2. The number of anilines is 1. The second kappa shape index (κ2) is 6.84. The summed E-state index contributed by atoms with van der Waals surface area (Å²) in [5.74, 6) is -0.321. The SMILES string of the molecule is N#Cc1ccc(NC(=S)NC(=O)c2ccc(Cl)cc2)cc1. The summed E-state index contributed by atoms with van der Waals surface area (Å²) in [6.07, 6.45) is 0. The molecule has 0 aliphatic carbocycles. The molecule has 0 saturated heterocycles. The minimum atomic E-state index is -0.321. The van der Waals surface area contributed by atoms with Crippen molar-refractivity contribution in [1.82, 2.24) is 5.32 Å². The number of halogens is 1. The van der Waals surface area contributed by atoms with Crippen LogP contribution in [0, 0.1) is 11.3 Å². The Morgan fingerprint density at radius 3 is 2.29 bits per heavy atom. The minimum absolute atomic E-state index is 0.180. The van der Waals surface area contributed by atoms with E-state index in [-0.39, 0.29) is 11.0 Å². The van der Waals surface area contributed by atoms with Gasteiger partial charge in [-0.25, -0.2) is 0 Å². The Morgan fingerprint density at radius 1 is 1.10 bits per heavy atom. The van der Waals surface area contributed by atoms with Gasteiger partial charge in [-0.05, 0) is 60.7 Å². The average Bonchev–Trinajstić information content (AvgIpc) is 2.48. The number of rotatable bonds is 2. The Balaban J connectivity index is 1.96. The molecule has 0 aromatic heterocycles. The molecule has 0 fully saturated rings. The van der Waals surface area contributed by atoms with Gasteiger partial charge < -0.3 is 5.32 Å². The number of thiocarbonyl (C=S) groups is 1. The third-order valence-corrected chi connectivity index (χ3v) is 3.06. The van der Waals surface area contributed by atoms with E-state index in [9.17, 15) is 4.79 Å². The molecule has 0 saturated carbocycles. The molecule has 0 radical (unpaired) electrons. The van der Waals surface area contributed by atoms with Gasteiger partial charge in [-0.3, -0.25) is 10.1 Å². The summed E-state index contributed by atoms with van der Waals surface area (Å²) < 4.78 is 0. The van der Waals surface area contributed by atoms with Gasteiger partial charge in [0.15, 0.2) is 5.11 Å². The number of carbonyl (C=O) groups is 1. The van der Waals surface area contributed by atoms with E-state index in [0.29, 0.717) is 21.8 Å². The first kappa shape index (κ1) is 15.0. The first-order valence-electron chi connectivity index (χ1n) is 5.96. The zero-order valence-electron chi connectivity index (χ0n) is 10.8. The smallest absolute Gasteiger partial charge is 0.257 e. The number of carbonyl (C=O) groups excluding carboxylic acids is 1. The molecule has 2 N–H and O–H groups in total. The quantitative estimate of drug-likeness (QED) is 0.834. The lowest BCUT2D eigenvalue weighted by molar-refractivity contribution is 0.0978. The maximum atomic E-state index is 11.9. The summed E-state index contributed by atoms with van der Waals surface area (Å²) >= 11 is 10.8. The second-order valence-corrected chi connectivity index (χ2v) is 4.95. The van der Waals surface area contributed by atoms with Crippen LogP contribution in [0.2, 0.25) is 5.02 Å². The van der Waals surface area contributed by atoms with E-state index in [0.717, 1.165) is 0 Å². The molecule has 2 aromatic rings. The average molecular weight is 316 g/mol. The second-order valence-electron chi connectivity index (χ2n) is 4.10. The number of hydrogen-bond donors (Lipinski definition) is 2. The van der Waals surface area contributed by atoms with Gasteiger partial charge in [0.05, 0.1) is 11.6 Å². The molecule has 2 rings (SSSR count).